The Balaban J connectivity index is 0. The molecule has 0 aromatic carbocycles. The molecule has 0 aliphatic rings. The van der Waals surface area contributed by atoms with Crippen molar-refractivity contribution in [3.63, 3.8) is 0 Å². The molecule has 0 spiro atoms. The van der Waals surface area contributed by atoms with Gasteiger partial charge in [0.15, 0.2) is 0 Å². The first kappa shape index (κ1) is 20.1. The van der Waals surface area contributed by atoms with Gasteiger partial charge in [0.1, 0.15) is 0 Å². The average Bonchev–Trinajstić information content (AvgIpc) is 2.32. The van der Waals surface area contributed by atoms with Gasteiger partial charge in [0, 0.05) is 17.8 Å². The Bertz CT molecular complexity index is 356. The van der Waals surface area contributed by atoms with E-state index in [9.17, 15) is 0 Å². The molecule has 0 saturated heterocycles. The van der Waals surface area contributed by atoms with E-state index in [2.05, 4.69) is 45.5 Å². The van der Waals surface area contributed by atoms with E-state index >= 15 is 0 Å². The number of hydrogen-bond donors (Lipinski definition) is 1. The molecule has 2 heteroatoms. The van der Waals surface area contributed by atoms with Gasteiger partial charge in [0.05, 0.1) is 0 Å². The molecule has 5 unspecified atom stereocenters. The minimum absolute atomic E-state index is 0. The van der Waals surface area contributed by atoms with Crippen LogP contribution in [0, 0.1) is 60.4 Å². The third-order valence-electron chi connectivity index (χ3n) is 3.70. The molecule has 0 heterocycles. The molecule has 0 aromatic rings. The summed E-state index contributed by atoms with van der Waals surface area (Å²) in [5.74, 6) is 10.5. The van der Waals surface area contributed by atoms with E-state index in [-0.39, 0.29) is 44.5 Å². The van der Waals surface area contributed by atoms with E-state index in [0.29, 0.717) is 23.5 Å². The van der Waals surface area contributed by atoms with E-state index in [1.54, 1.807) is 0 Å². The van der Waals surface area contributed by atoms with Gasteiger partial charge >= 0.3 is 32.7 Å². The quantitative estimate of drug-likeness (QED) is 0.625. The van der Waals surface area contributed by atoms with Crippen LogP contribution in [0.5, 0.6) is 0 Å². The number of hydrogen-bond acceptors (Lipinski definition) is 1. The Hall–Kier alpha value is -0.236. The van der Waals surface area contributed by atoms with Gasteiger partial charge in [-0.25, -0.2) is 0 Å². The molecule has 0 radical (unpaired) electrons. The Labute approximate surface area is 138 Å². The monoisotopic (exact) mass is 319 g/mol. The summed E-state index contributed by atoms with van der Waals surface area (Å²) in [6.07, 6.45) is 5.45. The van der Waals surface area contributed by atoms with Gasteiger partial charge in [0.2, 0.25) is 0 Å². The van der Waals surface area contributed by atoms with E-state index < -0.39 is 0 Å². The molecule has 0 rings (SSSR count). The fourth-order valence-corrected chi connectivity index (χ4v) is 1.53. The number of terminal acetylenes is 1. The maximum atomic E-state index is 5.49. The molecule has 0 aromatic heterocycles. The topological polar surface area (TPSA) is 26.0 Å². The predicted octanol–water partition coefficient (Wildman–Crippen LogP) is 3.08. The molecule has 5 atom stereocenters. The zero-order valence-electron chi connectivity index (χ0n) is 12.2. The predicted molar refractivity (Wildman–Crippen MR) is 74.4 cm³/mol. The first-order chi connectivity index (χ1) is 7.81. The SMILES string of the molecule is C#CC(C)C(C)C(C)C(C)C#CC(C)C(=[CH-])N.[Y+3]. The molecular formula is C16H24NY+2. The van der Waals surface area contributed by atoms with Crippen LogP contribution in [0.4, 0.5) is 0 Å². The first-order valence-corrected chi connectivity index (χ1v) is 6.16. The average molecular weight is 319 g/mol. The Morgan fingerprint density at radius 1 is 1.00 bits per heavy atom. The van der Waals surface area contributed by atoms with Crippen LogP contribution in [0.2, 0.25) is 0 Å². The largest absolute Gasteiger partial charge is 3.00 e. The molecule has 0 fully saturated rings. The van der Waals surface area contributed by atoms with Crippen molar-refractivity contribution >= 4 is 0 Å². The zero-order valence-corrected chi connectivity index (χ0v) is 15.0. The van der Waals surface area contributed by atoms with Crippen molar-refractivity contribution < 1.29 is 32.7 Å². The van der Waals surface area contributed by atoms with E-state index in [0.717, 1.165) is 0 Å². The molecule has 2 N–H and O–H groups in total. The van der Waals surface area contributed by atoms with E-state index in [1.165, 1.54) is 0 Å². The van der Waals surface area contributed by atoms with Gasteiger partial charge < -0.3 is 12.3 Å². The van der Waals surface area contributed by atoms with Crippen LogP contribution in [0.3, 0.4) is 0 Å². The Morgan fingerprint density at radius 3 is 1.83 bits per heavy atom. The van der Waals surface area contributed by atoms with Crippen LogP contribution < -0.4 is 5.73 Å². The summed E-state index contributed by atoms with van der Waals surface area (Å²) >= 11 is 0. The maximum absolute atomic E-state index is 5.49. The van der Waals surface area contributed by atoms with Crippen LogP contribution in [0.1, 0.15) is 34.6 Å². The fourth-order valence-electron chi connectivity index (χ4n) is 1.53. The summed E-state index contributed by atoms with van der Waals surface area (Å²) in [6.45, 7) is 16.0. The number of rotatable bonds is 4. The van der Waals surface area contributed by atoms with Gasteiger partial charge in [-0.15, -0.1) is 12.3 Å². The molecule has 1 nitrogen and oxygen atoms in total. The molecule has 94 valence electrons. The van der Waals surface area contributed by atoms with Gasteiger partial charge in [-0.1, -0.05) is 39.5 Å². The Kier molecular flexibility index (Phi) is 10.8. The van der Waals surface area contributed by atoms with Crippen LogP contribution >= 0.6 is 0 Å². The van der Waals surface area contributed by atoms with Gasteiger partial charge in [-0.05, 0) is 18.8 Å². The molecule has 0 amide bonds. The summed E-state index contributed by atoms with van der Waals surface area (Å²) in [6, 6.07) is 0. The molecular weight excluding hydrogens is 295 g/mol. The second-order valence-corrected chi connectivity index (χ2v) is 4.97. The van der Waals surface area contributed by atoms with Crippen molar-refractivity contribution in [1.29, 1.82) is 0 Å². The van der Waals surface area contributed by atoms with Crippen LogP contribution in [-0.2, 0) is 32.7 Å². The second-order valence-electron chi connectivity index (χ2n) is 4.97. The van der Waals surface area contributed by atoms with Crippen molar-refractivity contribution in [1.82, 2.24) is 0 Å². The van der Waals surface area contributed by atoms with Crippen LogP contribution in [-0.4, -0.2) is 0 Å². The molecule has 0 aliphatic carbocycles. The van der Waals surface area contributed by atoms with E-state index in [4.69, 9.17) is 18.7 Å². The minimum Gasteiger partial charge on any atom is -0.493 e. The van der Waals surface area contributed by atoms with Crippen LogP contribution in [0.25, 0.3) is 0 Å². The zero-order chi connectivity index (χ0) is 13.6. The smallest absolute Gasteiger partial charge is 0.493 e. The Morgan fingerprint density at radius 2 is 1.44 bits per heavy atom. The van der Waals surface area contributed by atoms with Crippen molar-refractivity contribution in [2.75, 3.05) is 0 Å². The van der Waals surface area contributed by atoms with Crippen LogP contribution in [0.15, 0.2) is 5.70 Å². The molecule has 18 heavy (non-hydrogen) atoms. The first-order valence-electron chi connectivity index (χ1n) is 6.16. The van der Waals surface area contributed by atoms with Crippen molar-refractivity contribution in [3.05, 3.63) is 12.3 Å². The fraction of sp³-hybridized carbons (Fsp3) is 0.625. The molecule has 0 aliphatic heterocycles. The molecule has 0 saturated carbocycles. The molecule has 0 bridgehead atoms. The van der Waals surface area contributed by atoms with E-state index in [1.807, 2.05) is 6.92 Å². The van der Waals surface area contributed by atoms with Crippen molar-refractivity contribution in [2.45, 2.75) is 34.6 Å². The number of allylic oxidation sites excluding steroid dienone is 1. The van der Waals surface area contributed by atoms with Crippen molar-refractivity contribution in [3.8, 4) is 24.2 Å². The van der Waals surface area contributed by atoms with Gasteiger partial charge in [0.25, 0.3) is 0 Å². The maximum Gasteiger partial charge on any atom is 3.00 e. The minimum atomic E-state index is -0.0509. The number of nitrogens with two attached hydrogens (primary N) is 1. The summed E-state index contributed by atoms with van der Waals surface area (Å²) in [5, 5.41) is 0. The summed E-state index contributed by atoms with van der Waals surface area (Å²) in [5.41, 5.74) is 5.87. The van der Waals surface area contributed by atoms with Gasteiger partial charge in [-0.3, -0.25) is 0 Å². The summed E-state index contributed by atoms with van der Waals surface area (Å²) in [4.78, 5) is 0. The third-order valence-corrected chi connectivity index (χ3v) is 3.70. The van der Waals surface area contributed by atoms with Gasteiger partial charge in [-0.2, -0.15) is 5.70 Å². The van der Waals surface area contributed by atoms with Crippen molar-refractivity contribution in [2.24, 2.45) is 35.3 Å². The normalized spacial score (nSPS) is 17.8. The second kappa shape index (κ2) is 9.66. The third kappa shape index (κ3) is 6.63. The summed E-state index contributed by atoms with van der Waals surface area (Å²) < 4.78 is 0. The standard InChI is InChI=1S/C16H24N.Y/c1-8-11(2)14(5)15(6)12(3)9-10-13(4)16(7)17;/h1,7,11-15H,17H2,2-6H3;/q-1;+3. The summed E-state index contributed by atoms with van der Waals surface area (Å²) in [7, 11) is 0.